The van der Waals surface area contributed by atoms with Crippen molar-refractivity contribution in [1.82, 2.24) is 5.32 Å². The van der Waals surface area contributed by atoms with Gasteiger partial charge in [-0.3, -0.25) is 4.79 Å². The first-order valence-corrected chi connectivity index (χ1v) is 6.33. The number of nitrogens with one attached hydrogen (secondary N) is 1. The highest BCUT2D eigenvalue weighted by Crippen LogP contribution is 2.14. The third kappa shape index (κ3) is 6.00. The summed E-state index contributed by atoms with van der Waals surface area (Å²) in [6, 6.07) is 3.88. The van der Waals surface area contributed by atoms with E-state index in [1.165, 1.54) is 18.2 Å². The number of methoxy groups -OCH3 is 1. The summed E-state index contributed by atoms with van der Waals surface area (Å²) in [7, 11) is 1.60. The molecule has 1 N–H and O–H groups in total. The number of halogens is 2. The molecule has 0 aliphatic heterocycles. The first-order valence-electron chi connectivity index (χ1n) is 5.95. The van der Waals surface area contributed by atoms with E-state index < -0.39 is 11.7 Å². The SMILES string of the molecule is COCCOCCCNC(=O)c1cc(Cl)ccc1F. The van der Waals surface area contributed by atoms with Gasteiger partial charge in [-0.2, -0.15) is 0 Å². The highest BCUT2D eigenvalue weighted by atomic mass is 35.5. The van der Waals surface area contributed by atoms with Crippen LogP contribution in [0.15, 0.2) is 18.2 Å². The Morgan fingerprint density at radius 1 is 1.37 bits per heavy atom. The van der Waals surface area contributed by atoms with E-state index in [0.29, 0.717) is 37.8 Å². The molecule has 0 radical (unpaired) electrons. The minimum Gasteiger partial charge on any atom is -0.382 e. The molecule has 0 aromatic heterocycles. The van der Waals surface area contributed by atoms with Crippen LogP contribution in [-0.4, -0.2) is 39.4 Å². The number of hydrogen-bond acceptors (Lipinski definition) is 3. The third-order valence-electron chi connectivity index (χ3n) is 2.36. The summed E-state index contributed by atoms with van der Waals surface area (Å²) in [5.41, 5.74) is -0.0483. The van der Waals surface area contributed by atoms with Gasteiger partial charge in [0.1, 0.15) is 5.82 Å². The highest BCUT2D eigenvalue weighted by molar-refractivity contribution is 6.30. The summed E-state index contributed by atoms with van der Waals surface area (Å²) >= 11 is 5.71. The lowest BCUT2D eigenvalue weighted by molar-refractivity contribution is 0.0688. The molecule has 0 bridgehead atoms. The van der Waals surface area contributed by atoms with Crippen molar-refractivity contribution in [2.45, 2.75) is 6.42 Å². The van der Waals surface area contributed by atoms with Gasteiger partial charge in [0.15, 0.2) is 0 Å². The van der Waals surface area contributed by atoms with Crippen molar-refractivity contribution in [1.29, 1.82) is 0 Å². The molecule has 0 fully saturated rings. The van der Waals surface area contributed by atoms with Gasteiger partial charge < -0.3 is 14.8 Å². The van der Waals surface area contributed by atoms with E-state index >= 15 is 0 Å². The fourth-order valence-corrected chi connectivity index (χ4v) is 1.56. The minimum atomic E-state index is -0.585. The Hall–Kier alpha value is -1.17. The van der Waals surface area contributed by atoms with E-state index in [-0.39, 0.29) is 5.56 Å². The van der Waals surface area contributed by atoms with Crippen LogP contribution in [0, 0.1) is 5.82 Å². The maximum Gasteiger partial charge on any atom is 0.254 e. The molecule has 106 valence electrons. The largest absolute Gasteiger partial charge is 0.382 e. The lowest BCUT2D eigenvalue weighted by Gasteiger charge is -2.07. The zero-order valence-electron chi connectivity index (χ0n) is 10.7. The van der Waals surface area contributed by atoms with Crippen molar-refractivity contribution < 1.29 is 18.7 Å². The van der Waals surface area contributed by atoms with Crippen LogP contribution in [0.4, 0.5) is 4.39 Å². The van der Waals surface area contributed by atoms with Gasteiger partial charge in [-0.15, -0.1) is 0 Å². The molecule has 1 amide bonds. The number of carbonyl (C=O) groups is 1. The second-order valence-electron chi connectivity index (χ2n) is 3.84. The smallest absolute Gasteiger partial charge is 0.254 e. The summed E-state index contributed by atoms with van der Waals surface area (Å²) in [6.07, 6.45) is 0.650. The molecule has 0 aliphatic carbocycles. The number of ether oxygens (including phenoxy) is 2. The van der Waals surface area contributed by atoms with E-state index in [1.807, 2.05) is 0 Å². The fourth-order valence-electron chi connectivity index (χ4n) is 1.39. The Morgan fingerprint density at radius 2 is 2.16 bits per heavy atom. The van der Waals surface area contributed by atoms with E-state index in [2.05, 4.69) is 5.32 Å². The molecular weight excluding hydrogens is 273 g/mol. The van der Waals surface area contributed by atoms with Gasteiger partial charge in [-0.25, -0.2) is 4.39 Å². The van der Waals surface area contributed by atoms with Crippen LogP contribution >= 0.6 is 11.6 Å². The molecule has 0 saturated heterocycles. The van der Waals surface area contributed by atoms with Crippen molar-refractivity contribution in [2.24, 2.45) is 0 Å². The molecule has 0 heterocycles. The maximum absolute atomic E-state index is 13.4. The Balaban J connectivity index is 2.26. The summed E-state index contributed by atoms with van der Waals surface area (Å²) < 4.78 is 23.4. The average Bonchev–Trinajstić information content (AvgIpc) is 2.40. The number of hydrogen-bond donors (Lipinski definition) is 1. The molecule has 0 spiro atoms. The lowest BCUT2D eigenvalue weighted by Crippen LogP contribution is -2.26. The van der Waals surface area contributed by atoms with Crippen molar-refractivity contribution in [3.63, 3.8) is 0 Å². The van der Waals surface area contributed by atoms with Crippen LogP contribution in [0.1, 0.15) is 16.8 Å². The van der Waals surface area contributed by atoms with Crippen molar-refractivity contribution in [3.05, 3.63) is 34.6 Å². The maximum atomic E-state index is 13.4. The predicted octanol–water partition coefficient (Wildman–Crippen LogP) is 2.26. The number of carbonyl (C=O) groups excluding carboxylic acids is 1. The number of benzene rings is 1. The number of rotatable bonds is 8. The molecule has 0 saturated carbocycles. The van der Waals surface area contributed by atoms with Crippen LogP contribution in [0.5, 0.6) is 0 Å². The van der Waals surface area contributed by atoms with E-state index in [1.54, 1.807) is 7.11 Å². The van der Waals surface area contributed by atoms with Crippen LogP contribution < -0.4 is 5.32 Å². The van der Waals surface area contributed by atoms with Crippen molar-refractivity contribution in [3.8, 4) is 0 Å². The van der Waals surface area contributed by atoms with Gasteiger partial charge in [0.25, 0.3) is 5.91 Å². The average molecular weight is 290 g/mol. The van der Waals surface area contributed by atoms with Gasteiger partial charge in [0.2, 0.25) is 0 Å². The normalized spacial score (nSPS) is 10.5. The monoisotopic (exact) mass is 289 g/mol. The summed E-state index contributed by atoms with van der Waals surface area (Å²) in [4.78, 5) is 11.7. The highest BCUT2D eigenvalue weighted by Gasteiger charge is 2.11. The van der Waals surface area contributed by atoms with Crippen molar-refractivity contribution >= 4 is 17.5 Å². The van der Waals surface area contributed by atoms with Gasteiger partial charge in [0.05, 0.1) is 18.8 Å². The second kappa shape index (κ2) is 8.85. The van der Waals surface area contributed by atoms with Crippen LogP contribution in [0.3, 0.4) is 0 Å². The fraction of sp³-hybridized carbons (Fsp3) is 0.462. The van der Waals surface area contributed by atoms with Crippen LogP contribution in [-0.2, 0) is 9.47 Å². The van der Waals surface area contributed by atoms with E-state index in [0.717, 1.165) is 0 Å². The summed E-state index contributed by atoms with van der Waals surface area (Å²) in [5.74, 6) is -1.06. The Kier molecular flexibility index (Phi) is 7.40. The van der Waals surface area contributed by atoms with Crippen LogP contribution in [0.2, 0.25) is 5.02 Å². The topological polar surface area (TPSA) is 47.6 Å². The van der Waals surface area contributed by atoms with Gasteiger partial charge >= 0.3 is 0 Å². The van der Waals surface area contributed by atoms with Gasteiger partial charge in [-0.05, 0) is 24.6 Å². The molecular formula is C13H17ClFNO3. The van der Waals surface area contributed by atoms with Crippen molar-refractivity contribution in [2.75, 3.05) is 33.5 Å². The first-order chi connectivity index (χ1) is 9.15. The summed E-state index contributed by atoms with van der Waals surface area (Å²) in [5, 5.41) is 2.94. The quantitative estimate of drug-likeness (QED) is 0.747. The van der Waals surface area contributed by atoms with E-state index in [4.69, 9.17) is 21.1 Å². The Labute approximate surface area is 116 Å². The predicted molar refractivity (Wildman–Crippen MR) is 71.1 cm³/mol. The number of amides is 1. The Bertz CT molecular complexity index is 415. The zero-order chi connectivity index (χ0) is 14.1. The molecule has 0 aliphatic rings. The molecule has 0 atom stereocenters. The molecule has 19 heavy (non-hydrogen) atoms. The van der Waals surface area contributed by atoms with Crippen LogP contribution in [0.25, 0.3) is 0 Å². The van der Waals surface area contributed by atoms with Gasteiger partial charge in [-0.1, -0.05) is 11.6 Å². The Morgan fingerprint density at radius 3 is 2.89 bits per heavy atom. The third-order valence-corrected chi connectivity index (χ3v) is 2.59. The van der Waals surface area contributed by atoms with E-state index in [9.17, 15) is 9.18 Å². The molecule has 4 nitrogen and oxygen atoms in total. The van der Waals surface area contributed by atoms with Gasteiger partial charge in [0, 0.05) is 25.3 Å². The molecule has 1 aromatic carbocycles. The minimum absolute atomic E-state index is 0.0483. The molecule has 1 aromatic rings. The molecule has 1 rings (SSSR count). The molecule has 0 unspecified atom stereocenters. The second-order valence-corrected chi connectivity index (χ2v) is 4.28. The standard InChI is InChI=1S/C13H17ClFNO3/c1-18-7-8-19-6-2-5-16-13(17)11-9-10(14)3-4-12(11)15/h3-4,9H,2,5-8H2,1H3,(H,16,17). The zero-order valence-corrected chi connectivity index (χ0v) is 11.5. The first kappa shape index (κ1) is 15.9. The lowest BCUT2D eigenvalue weighted by atomic mass is 10.2. The summed E-state index contributed by atoms with van der Waals surface area (Å²) in [6.45, 7) is 1.99. The molecule has 6 heteroatoms.